The number of carboxylic acid groups (broad SMARTS) is 1. The molecule has 0 aliphatic rings. The van der Waals surface area contributed by atoms with Crippen molar-refractivity contribution in [3.63, 3.8) is 0 Å². The summed E-state index contributed by atoms with van der Waals surface area (Å²) in [7, 11) is 0. The van der Waals surface area contributed by atoms with Gasteiger partial charge in [-0.25, -0.2) is 0 Å². The van der Waals surface area contributed by atoms with E-state index in [-0.39, 0.29) is 6.42 Å². The number of benzene rings is 2. The summed E-state index contributed by atoms with van der Waals surface area (Å²) in [6, 6.07) is 12.1. The zero-order chi connectivity index (χ0) is 20.1. The normalized spacial score (nSPS) is 11.4. The van der Waals surface area contributed by atoms with E-state index in [1.807, 2.05) is 24.3 Å². The summed E-state index contributed by atoms with van der Waals surface area (Å²) in [5.41, 5.74) is 0.582. The lowest BCUT2D eigenvalue weighted by Gasteiger charge is -2.07. The second-order valence-corrected chi connectivity index (χ2v) is 7.72. The summed E-state index contributed by atoms with van der Waals surface area (Å²) >= 11 is 2.68. The van der Waals surface area contributed by atoms with Crippen LogP contribution in [-0.2, 0) is 11.0 Å². The number of alkyl halides is 3. The Morgan fingerprint density at radius 2 is 1.82 bits per heavy atom. The molecule has 0 amide bonds. The van der Waals surface area contributed by atoms with Crippen LogP contribution in [0.5, 0.6) is 0 Å². The SMILES string of the molecule is O=C(O)CCSc1ccccc1-c1nnc(Nc2ccc(C(F)(F)F)cc2)s1. The first kappa shape index (κ1) is 20.2. The Bertz CT molecular complexity index is 959. The summed E-state index contributed by atoms with van der Waals surface area (Å²) in [6.07, 6.45) is -4.33. The number of hydrogen-bond donors (Lipinski definition) is 2. The van der Waals surface area contributed by atoms with Gasteiger partial charge in [0.15, 0.2) is 5.01 Å². The van der Waals surface area contributed by atoms with Crippen molar-refractivity contribution < 1.29 is 23.1 Å². The highest BCUT2D eigenvalue weighted by molar-refractivity contribution is 7.99. The number of carboxylic acids is 1. The van der Waals surface area contributed by atoms with Crippen LogP contribution in [0.1, 0.15) is 12.0 Å². The second kappa shape index (κ2) is 8.61. The van der Waals surface area contributed by atoms with Gasteiger partial charge in [-0.1, -0.05) is 29.5 Å². The predicted octanol–water partition coefficient (Wildman–Crippen LogP) is 5.53. The van der Waals surface area contributed by atoms with Crippen molar-refractivity contribution in [3.8, 4) is 10.6 Å². The molecule has 0 bridgehead atoms. The van der Waals surface area contributed by atoms with Gasteiger partial charge < -0.3 is 10.4 Å². The lowest BCUT2D eigenvalue weighted by Crippen LogP contribution is -2.04. The van der Waals surface area contributed by atoms with E-state index in [4.69, 9.17) is 5.11 Å². The Kier molecular flexibility index (Phi) is 6.20. The van der Waals surface area contributed by atoms with E-state index in [0.717, 1.165) is 22.6 Å². The first-order valence-corrected chi connectivity index (χ1v) is 9.85. The Morgan fingerprint density at radius 1 is 1.11 bits per heavy atom. The molecule has 0 saturated heterocycles. The van der Waals surface area contributed by atoms with Crippen molar-refractivity contribution in [1.29, 1.82) is 0 Å². The van der Waals surface area contributed by atoms with Crippen LogP contribution in [0.4, 0.5) is 24.0 Å². The van der Waals surface area contributed by atoms with Gasteiger partial charge in [0, 0.05) is 21.9 Å². The number of carbonyl (C=O) groups is 1. The highest BCUT2D eigenvalue weighted by Gasteiger charge is 2.29. The summed E-state index contributed by atoms with van der Waals surface area (Å²) in [4.78, 5) is 11.6. The highest BCUT2D eigenvalue weighted by Crippen LogP contribution is 2.36. The lowest BCUT2D eigenvalue weighted by molar-refractivity contribution is -0.138. The van der Waals surface area contributed by atoms with Gasteiger partial charge in [-0.2, -0.15) is 13.2 Å². The largest absolute Gasteiger partial charge is 0.481 e. The minimum Gasteiger partial charge on any atom is -0.481 e. The van der Waals surface area contributed by atoms with Crippen LogP contribution < -0.4 is 5.32 Å². The molecule has 2 aromatic carbocycles. The lowest BCUT2D eigenvalue weighted by atomic mass is 10.2. The van der Waals surface area contributed by atoms with Crippen LogP contribution in [0.2, 0.25) is 0 Å². The maximum absolute atomic E-state index is 12.6. The standard InChI is InChI=1S/C18H14F3N3O2S2/c19-18(20,21)11-5-7-12(8-6-11)22-17-24-23-16(28-17)13-3-1-2-4-14(13)27-10-9-15(25)26/h1-8H,9-10H2,(H,22,24)(H,25,26). The predicted molar refractivity (Wildman–Crippen MR) is 103 cm³/mol. The molecule has 0 fully saturated rings. The molecule has 0 aliphatic carbocycles. The zero-order valence-corrected chi connectivity index (χ0v) is 15.9. The smallest absolute Gasteiger partial charge is 0.416 e. The molecule has 0 unspecified atom stereocenters. The number of aromatic nitrogens is 2. The molecule has 0 atom stereocenters. The monoisotopic (exact) mass is 425 g/mol. The van der Waals surface area contributed by atoms with E-state index in [1.54, 1.807) is 0 Å². The molecule has 10 heteroatoms. The van der Waals surface area contributed by atoms with E-state index in [0.29, 0.717) is 21.6 Å². The number of halogens is 3. The molecule has 5 nitrogen and oxygen atoms in total. The maximum Gasteiger partial charge on any atom is 0.416 e. The van der Waals surface area contributed by atoms with Crippen LogP contribution in [0.15, 0.2) is 53.4 Å². The third-order valence-corrected chi connectivity index (χ3v) is 5.53. The van der Waals surface area contributed by atoms with Crippen molar-refractivity contribution in [2.75, 3.05) is 11.1 Å². The number of thioether (sulfide) groups is 1. The molecular formula is C18H14F3N3O2S2. The van der Waals surface area contributed by atoms with Crippen molar-refractivity contribution in [1.82, 2.24) is 10.2 Å². The highest BCUT2D eigenvalue weighted by atomic mass is 32.2. The third-order valence-electron chi connectivity index (χ3n) is 3.58. The van der Waals surface area contributed by atoms with E-state index in [1.165, 1.54) is 35.2 Å². The van der Waals surface area contributed by atoms with Crippen LogP contribution in [-0.4, -0.2) is 27.0 Å². The summed E-state index contributed by atoms with van der Waals surface area (Å²) < 4.78 is 37.9. The number of aliphatic carboxylic acids is 1. The number of nitrogens with zero attached hydrogens (tertiary/aromatic N) is 2. The Hall–Kier alpha value is -2.59. The van der Waals surface area contributed by atoms with Gasteiger partial charge in [-0.15, -0.1) is 22.0 Å². The number of hydrogen-bond acceptors (Lipinski definition) is 6. The molecule has 28 heavy (non-hydrogen) atoms. The summed E-state index contributed by atoms with van der Waals surface area (Å²) in [6.45, 7) is 0. The average molecular weight is 425 g/mol. The van der Waals surface area contributed by atoms with Gasteiger partial charge in [0.25, 0.3) is 0 Å². The fourth-order valence-electron chi connectivity index (χ4n) is 2.27. The third kappa shape index (κ3) is 5.23. The van der Waals surface area contributed by atoms with Gasteiger partial charge >= 0.3 is 12.1 Å². The van der Waals surface area contributed by atoms with Crippen molar-refractivity contribution >= 4 is 39.9 Å². The Morgan fingerprint density at radius 3 is 2.50 bits per heavy atom. The van der Waals surface area contributed by atoms with Gasteiger partial charge in [0.2, 0.25) is 5.13 Å². The molecular weight excluding hydrogens is 411 g/mol. The minimum atomic E-state index is -4.38. The van der Waals surface area contributed by atoms with Gasteiger partial charge in [0.1, 0.15) is 0 Å². The van der Waals surface area contributed by atoms with Crippen LogP contribution in [0.3, 0.4) is 0 Å². The molecule has 0 aliphatic heterocycles. The van der Waals surface area contributed by atoms with Crippen LogP contribution in [0.25, 0.3) is 10.6 Å². The average Bonchev–Trinajstić information content (AvgIpc) is 3.10. The van der Waals surface area contributed by atoms with E-state index in [9.17, 15) is 18.0 Å². The maximum atomic E-state index is 12.6. The molecule has 0 saturated carbocycles. The molecule has 0 radical (unpaired) electrons. The quantitative estimate of drug-likeness (QED) is 0.485. The second-order valence-electron chi connectivity index (χ2n) is 5.60. The molecule has 2 N–H and O–H groups in total. The minimum absolute atomic E-state index is 0.0514. The topological polar surface area (TPSA) is 75.1 Å². The van der Waals surface area contributed by atoms with Crippen LogP contribution >= 0.6 is 23.1 Å². The Labute approximate surface area is 166 Å². The molecule has 146 valence electrons. The Balaban J connectivity index is 1.73. The molecule has 3 aromatic rings. The van der Waals surface area contributed by atoms with Gasteiger partial charge in [-0.05, 0) is 30.3 Å². The first-order valence-electron chi connectivity index (χ1n) is 8.05. The number of anilines is 2. The zero-order valence-electron chi connectivity index (χ0n) is 14.2. The van der Waals surface area contributed by atoms with Gasteiger partial charge in [-0.3, -0.25) is 4.79 Å². The van der Waals surface area contributed by atoms with E-state index in [2.05, 4.69) is 15.5 Å². The van der Waals surface area contributed by atoms with E-state index >= 15 is 0 Å². The number of nitrogens with one attached hydrogen (secondary N) is 1. The van der Waals surface area contributed by atoms with Crippen molar-refractivity contribution in [2.24, 2.45) is 0 Å². The van der Waals surface area contributed by atoms with Crippen molar-refractivity contribution in [3.05, 3.63) is 54.1 Å². The van der Waals surface area contributed by atoms with Crippen molar-refractivity contribution in [2.45, 2.75) is 17.5 Å². The fraction of sp³-hybridized carbons (Fsp3) is 0.167. The van der Waals surface area contributed by atoms with Crippen LogP contribution in [0, 0.1) is 0 Å². The molecule has 1 heterocycles. The summed E-state index contributed by atoms with van der Waals surface area (Å²) in [5, 5.41) is 21.0. The van der Waals surface area contributed by atoms with Gasteiger partial charge in [0.05, 0.1) is 12.0 Å². The first-order chi connectivity index (χ1) is 13.3. The molecule has 0 spiro atoms. The summed E-state index contributed by atoms with van der Waals surface area (Å²) in [5.74, 6) is -0.425. The fourth-order valence-corrected chi connectivity index (χ4v) is 4.13. The van der Waals surface area contributed by atoms with E-state index < -0.39 is 17.7 Å². The molecule has 1 aromatic heterocycles. The number of rotatable bonds is 7. The molecule has 3 rings (SSSR count).